The van der Waals surface area contributed by atoms with E-state index in [0.29, 0.717) is 28.4 Å². The fraction of sp³-hybridized carbons (Fsp3) is 0.115. The van der Waals surface area contributed by atoms with Crippen LogP contribution in [0.2, 0.25) is 0 Å². The Bertz CT molecular complexity index is 1310. The number of carbonyl (C=O) groups excluding carboxylic acids is 3. The first kappa shape index (κ1) is 23.8. The summed E-state index contributed by atoms with van der Waals surface area (Å²) in [5.41, 5.74) is 2.13. The molecule has 0 radical (unpaired) electrons. The van der Waals surface area contributed by atoms with E-state index in [2.05, 4.69) is 10.6 Å². The van der Waals surface area contributed by atoms with Crippen molar-refractivity contribution in [2.45, 2.75) is 6.54 Å². The highest BCUT2D eigenvalue weighted by Gasteiger charge is 2.37. The molecule has 0 saturated heterocycles. The number of hydrogen-bond acceptors (Lipinski definition) is 6. The molecule has 0 aliphatic carbocycles. The molecule has 1 aliphatic rings. The number of nitrogens with zero attached hydrogens (tertiary/aromatic N) is 1. The molecule has 1 aliphatic heterocycles. The lowest BCUT2D eigenvalue weighted by molar-refractivity contribution is -0.138. The van der Waals surface area contributed by atoms with Gasteiger partial charge in [0.2, 0.25) is 0 Å². The Balaban J connectivity index is 1.45. The Morgan fingerprint density at radius 1 is 0.914 bits per heavy atom. The van der Waals surface area contributed by atoms with Crippen LogP contribution in [0.25, 0.3) is 0 Å². The third kappa shape index (κ3) is 5.12. The number of hydrogen-bond donors (Lipinski definition) is 2. The molecule has 9 heteroatoms. The normalized spacial score (nSPS) is 13.2. The molecule has 3 aromatic rings. The van der Waals surface area contributed by atoms with Gasteiger partial charge in [-0.2, -0.15) is 0 Å². The fourth-order valence-electron chi connectivity index (χ4n) is 3.52. The van der Waals surface area contributed by atoms with Crippen LogP contribution in [0.5, 0.6) is 11.5 Å². The molecular formula is C26H22ClN3O5. The van der Waals surface area contributed by atoms with Crippen LogP contribution in [0.3, 0.4) is 0 Å². The highest BCUT2D eigenvalue weighted by atomic mass is 35.5. The third-order valence-electron chi connectivity index (χ3n) is 5.37. The van der Waals surface area contributed by atoms with Crippen LogP contribution < -0.4 is 20.1 Å². The van der Waals surface area contributed by atoms with Crippen molar-refractivity contribution in [1.82, 2.24) is 4.90 Å². The number of benzene rings is 3. The number of rotatable bonds is 8. The van der Waals surface area contributed by atoms with Crippen LogP contribution in [0.4, 0.5) is 11.4 Å². The standard InChI is InChI=1S/C26H22ClN3O5/c1-34-19-12-13-21(35-2)20(14-19)29-24(31)17-8-10-18(11-9-17)28-23-22(27)25(32)30(26(23)33)15-16-6-4-3-5-7-16/h3-14,28H,15H2,1-2H3,(H,29,31). The Morgan fingerprint density at radius 3 is 2.29 bits per heavy atom. The first-order chi connectivity index (χ1) is 16.9. The molecular weight excluding hydrogens is 470 g/mol. The molecule has 2 N–H and O–H groups in total. The maximum absolute atomic E-state index is 12.8. The SMILES string of the molecule is COc1ccc(OC)c(NC(=O)c2ccc(NC3=C(Cl)C(=O)N(Cc4ccccc4)C3=O)cc2)c1. The number of anilines is 2. The molecule has 0 spiro atoms. The maximum atomic E-state index is 12.8. The Kier molecular flexibility index (Phi) is 7.03. The number of amides is 3. The molecule has 0 unspecified atom stereocenters. The average molecular weight is 492 g/mol. The topological polar surface area (TPSA) is 97.0 Å². The largest absolute Gasteiger partial charge is 0.497 e. The zero-order valence-electron chi connectivity index (χ0n) is 19.0. The minimum absolute atomic E-state index is 0.00841. The van der Waals surface area contributed by atoms with Gasteiger partial charge in [-0.3, -0.25) is 19.3 Å². The van der Waals surface area contributed by atoms with Gasteiger partial charge < -0.3 is 20.1 Å². The minimum Gasteiger partial charge on any atom is -0.497 e. The van der Waals surface area contributed by atoms with Gasteiger partial charge in [-0.1, -0.05) is 41.9 Å². The van der Waals surface area contributed by atoms with Crippen molar-refractivity contribution in [3.63, 3.8) is 0 Å². The van der Waals surface area contributed by atoms with E-state index in [1.54, 1.807) is 42.5 Å². The monoisotopic (exact) mass is 491 g/mol. The van der Waals surface area contributed by atoms with Crippen molar-refractivity contribution in [3.8, 4) is 11.5 Å². The summed E-state index contributed by atoms with van der Waals surface area (Å²) in [4.78, 5) is 39.2. The van der Waals surface area contributed by atoms with Crippen LogP contribution in [0, 0.1) is 0 Å². The van der Waals surface area contributed by atoms with E-state index in [-0.39, 0.29) is 23.2 Å². The second-order valence-corrected chi connectivity index (χ2v) is 7.97. The lowest BCUT2D eigenvalue weighted by atomic mass is 10.1. The second-order valence-electron chi connectivity index (χ2n) is 7.59. The summed E-state index contributed by atoms with van der Waals surface area (Å²) >= 11 is 6.18. The fourth-order valence-corrected chi connectivity index (χ4v) is 3.75. The zero-order chi connectivity index (χ0) is 24.9. The van der Waals surface area contributed by atoms with Crippen molar-refractivity contribution in [2.24, 2.45) is 0 Å². The summed E-state index contributed by atoms with van der Waals surface area (Å²) in [5.74, 6) is -0.380. The molecule has 3 amide bonds. The Labute approximate surface area is 207 Å². The molecule has 0 bridgehead atoms. The molecule has 35 heavy (non-hydrogen) atoms. The predicted octanol–water partition coefficient (Wildman–Crippen LogP) is 4.39. The van der Waals surface area contributed by atoms with Crippen molar-refractivity contribution < 1.29 is 23.9 Å². The lowest BCUT2D eigenvalue weighted by Crippen LogP contribution is -2.31. The van der Waals surface area contributed by atoms with Gasteiger partial charge in [-0.25, -0.2) is 0 Å². The molecule has 3 aromatic carbocycles. The van der Waals surface area contributed by atoms with E-state index in [1.807, 2.05) is 30.3 Å². The third-order valence-corrected chi connectivity index (χ3v) is 5.72. The zero-order valence-corrected chi connectivity index (χ0v) is 19.8. The van der Waals surface area contributed by atoms with Crippen LogP contribution >= 0.6 is 11.6 Å². The number of carbonyl (C=O) groups is 3. The second kappa shape index (κ2) is 10.3. The summed E-state index contributed by atoms with van der Waals surface area (Å²) in [7, 11) is 3.04. The average Bonchev–Trinajstić information content (AvgIpc) is 3.08. The Hall–Kier alpha value is -4.30. The van der Waals surface area contributed by atoms with Gasteiger partial charge in [0.25, 0.3) is 17.7 Å². The molecule has 0 saturated carbocycles. The van der Waals surface area contributed by atoms with Gasteiger partial charge in [0.15, 0.2) is 0 Å². The van der Waals surface area contributed by atoms with Crippen LogP contribution in [0.15, 0.2) is 83.5 Å². The summed E-state index contributed by atoms with van der Waals surface area (Å²) in [5, 5.41) is 5.51. The molecule has 8 nitrogen and oxygen atoms in total. The first-order valence-electron chi connectivity index (χ1n) is 10.6. The van der Waals surface area contributed by atoms with E-state index in [4.69, 9.17) is 21.1 Å². The molecule has 0 atom stereocenters. The number of halogens is 1. The van der Waals surface area contributed by atoms with Crippen molar-refractivity contribution in [2.75, 3.05) is 24.9 Å². The lowest BCUT2D eigenvalue weighted by Gasteiger charge is -2.15. The molecule has 4 rings (SSSR count). The number of imide groups is 1. The van der Waals surface area contributed by atoms with Crippen LogP contribution in [-0.2, 0) is 16.1 Å². The van der Waals surface area contributed by atoms with E-state index in [9.17, 15) is 14.4 Å². The van der Waals surface area contributed by atoms with Gasteiger partial charge >= 0.3 is 0 Å². The smallest absolute Gasteiger partial charge is 0.279 e. The van der Waals surface area contributed by atoms with Crippen LogP contribution in [-0.4, -0.2) is 36.8 Å². The van der Waals surface area contributed by atoms with E-state index in [1.165, 1.54) is 14.2 Å². The summed E-state index contributed by atoms with van der Waals surface area (Å²) in [6.45, 7) is 0.118. The summed E-state index contributed by atoms with van der Waals surface area (Å²) < 4.78 is 10.5. The number of nitrogens with one attached hydrogen (secondary N) is 2. The summed E-state index contributed by atoms with van der Waals surface area (Å²) in [6.07, 6.45) is 0. The number of methoxy groups -OCH3 is 2. The molecule has 1 heterocycles. The van der Waals surface area contributed by atoms with Crippen molar-refractivity contribution >= 4 is 40.7 Å². The van der Waals surface area contributed by atoms with Crippen molar-refractivity contribution in [3.05, 3.63) is 94.7 Å². The first-order valence-corrected chi connectivity index (χ1v) is 11.0. The van der Waals surface area contributed by atoms with Gasteiger partial charge in [0, 0.05) is 17.3 Å². The molecule has 0 fully saturated rings. The van der Waals surface area contributed by atoms with Gasteiger partial charge in [0.1, 0.15) is 22.2 Å². The van der Waals surface area contributed by atoms with Crippen molar-refractivity contribution in [1.29, 1.82) is 0 Å². The Morgan fingerprint density at radius 2 is 1.63 bits per heavy atom. The van der Waals surface area contributed by atoms with Gasteiger partial charge in [-0.05, 0) is 42.0 Å². The van der Waals surface area contributed by atoms with E-state index >= 15 is 0 Å². The van der Waals surface area contributed by atoms with E-state index < -0.39 is 11.8 Å². The maximum Gasteiger partial charge on any atom is 0.279 e. The summed E-state index contributed by atoms with van der Waals surface area (Å²) in [6, 6.07) is 20.6. The van der Waals surface area contributed by atoms with Gasteiger partial charge in [-0.15, -0.1) is 0 Å². The highest BCUT2D eigenvalue weighted by molar-refractivity contribution is 6.48. The number of ether oxygens (including phenoxy) is 2. The van der Waals surface area contributed by atoms with Crippen LogP contribution in [0.1, 0.15) is 15.9 Å². The minimum atomic E-state index is -0.564. The van der Waals surface area contributed by atoms with E-state index in [0.717, 1.165) is 10.5 Å². The molecule has 0 aromatic heterocycles. The van der Waals surface area contributed by atoms with Gasteiger partial charge in [0.05, 0.1) is 26.5 Å². The quantitative estimate of drug-likeness (QED) is 0.454. The molecule has 178 valence electrons. The predicted molar refractivity (Wildman–Crippen MR) is 132 cm³/mol. The highest BCUT2D eigenvalue weighted by Crippen LogP contribution is 2.30.